The minimum Gasteiger partial charge on any atom is -0.506 e. The summed E-state index contributed by atoms with van der Waals surface area (Å²) < 4.78 is 5.98. The van der Waals surface area contributed by atoms with Crippen molar-refractivity contribution < 1.29 is 19.7 Å². The first-order valence-electron chi connectivity index (χ1n) is 7.22. The van der Waals surface area contributed by atoms with Crippen LogP contribution in [0.4, 0.5) is 0 Å². The number of phenolic OH excluding ortho intramolecular Hbond substituents is 2. The number of hydrogen-bond donors (Lipinski definition) is 3. The number of nitrogens with zero attached hydrogens (tertiary/aromatic N) is 1. The monoisotopic (exact) mass is 470 g/mol. The van der Waals surface area contributed by atoms with E-state index in [1.54, 1.807) is 13.0 Å². The molecule has 0 saturated heterocycles. The lowest BCUT2D eigenvalue weighted by atomic mass is 10.1. The molecule has 2 aromatic rings. The Hall–Kier alpha value is -2.06. The number of aryl methyl sites for hydroxylation is 1. The predicted molar refractivity (Wildman–Crippen MR) is 102 cm³/mol. The molecule has 0 atom stereocenters. The number of aromatic hydroxyl groups is 2. The van der Waals surface area contributed by atoms with Gasteiger partial charge in [0.25, 0.3) is 5.91 Å². The van der Waals surface area contributed by atoms with E-state index in [-0.39, 0.29) is 22.6 Å². The van der Waals surface area contributed by atoms with Crippen LogP contribution >= 0.6 is 31.9 Å². The van der Waals surface area contributed by atoms with Gasteiger partial charge in [-0.05, 0) is 62.9 Å². The second-order valence-electron chi connectivity index (χ2n) is 5.21. The van der Waals surface area contributed by atoms with Crippen LogP contribution in [0.3, 0.4) is 0 Å². The summed E-state index contributed by atoms with van der Waals surface area (Å²) in [5.41, 5.74) is 4.19. The highest BCUT2D eigenvalue weighted by Crippen LogP contribution is 2.43. The zero-order chi connectivity index (χ0) is 18.6. The zero-order valence-electron chi connectivity index (χ0n) is 13.5. The van der Waals surface area contributed by atoms with E-state index in [4.69, 9.17) is 4.74 Å². The van der Waals surface area contributed by atoms with Gasteiger partial charge in [0, 0.05) is 5.56 Å². The summed E-state index contributed by atoms with van der Waals surface area (Å²) in [5.74, 6) is -0.0924. The SMILES string of the molecule is Cc1ccccc1OCC(=O)N/N=C/c1c(C)c(Br)c(O)c(Br)c1O. The first kappa shape index (κ1) is 19.3. The summed E-state index contributed by atoms with van der Waals surface area (Å²) >= 11 is 6.33. The number of hydrogen-bond acceptors (Lipinski definition) is 5. The molecule has 0 heterocycles. The highest BCUT2D eigenvalue weighted by molar-refractivity contribution is 9.11. The van der Waals surface area contributed by atoms with Crippen LogP contribution in [0.15, 0.2) is 38.3 Å². The summed E-state index contributed by atoms with van der Waals surface area (Å²) in [7, 11) is 0. The summed E-state index contributed by atoms with van der Waals surface area (Å²) in [4.78, 5) is 11.8. The number of carbonyl (C=O) groups is 1. The minimum absolute atomic E-state index is 0.109. The van der Waals surface area contributed by atoms with Crippen LogP contribution in [-0.2, 0) is 4.79 Å². The molecule has 0 aliphatic rings. The fourth-order valence-electron chi connectivity index (χ4n) is 2.02. The van der Waals surface area contributed by atoms with Crippen molar-refractivity contribution in [3.8, 4) is 17.2 Å². The Kier molecular flexibility index (Phi) is 6.44. The Bertz CT molecular complexity index is 809. The summed E-state index contributed by atoms with van der Waals surface area (Å²) in [5, 5.41) is 23.7. The molecule has 0 saturated carbocycles. The summed E-state index contributed by atoms with van der Waals surface area (Å²) in [6, 6.07) is 7.37. The van der Waals surface area contributed by atoms with Crippen LogP contribution in [0, 0.1) is 13.8 Å². The van der Waals surface area contributed by atoms with Crippen molar-refractivity contribution >= 4 is 44.0 Å². The van der Waals surface area contributed by atoms with Crippen LogP contribution in [0.25, 0.3) is 0 Å². The molecule has 0 fully saturated rings. The molecule has 0 bridgehead atoms. The van der Waals surface area contributed by atoms with Crippen LogP contribution in [0.1, 0.15) is 16.7 Å². The first-order chi connectivity index (χ1) is 11.8. The Labute approximate surface area is 161 Å². The lowest BCUT2D eigenvalue weighted by molar-refractivity contribution is -0.123. The molecule has 6 nitrogen and oxygen atoms in total. The number of benzene rings is 2. The third kappa shape index (κ3) is 4.52. The normalized spacial score (nSPS) is 10.9. The van der Waals surface area contributed by atoms with Crippen molar-refractivity contribution in [2.24, 2.45) is 5.10 Å². The molecule has 0 unspecified atom stereocenters. The molecular formula is C17H16Br2N2O4. The molecule has 3 N–H and O–H groups in total. The molecule has 25 heavy (non-hydrogen) atoms. The number of nitrogens with one attached hydrogen (secondary N) is 1. The van der Waals surface area contributed by atoms with E-state index in [2.05, 4.69) is 42.4 Å². The van der Waals surface area contributed by atoms with E-state index >= 15 is 0 Å². The van der Waals surface area contributed by atoms with Crippen LogP contribution in [0.5, 0.6) is 17.2 Å². The average molecular weight is 472 g/mol. The molecule has 132 valence electrons. The number of hydrazone groups is 1. The Morgan fingerprint density at radius 2 is 1.88 bits per heavy atom. The van der Waals surface area contributed by atoms with Crippen molar-refractivity contribution in [2.75, 3.05) is 6.61 Å². The first-order valence-corrected chi connectivity index (χ1v) is 8.81. The lowest BCUT2D eigenvalue weighted by Crippen LogP contribution is -2.24. The maximum absolute atomic E-state index is 11.8. The molecule has 0 aliphatic carbocycles. The van der Waals surface area contributed by atoms with Gasteiger partial charge < -0.3 is 14.9 Å². The van der Waals surface area contributed by atoms with E-state index in [1.165, 1.54) is 6.21 Å². The topological polar surface area (TPSA) is 91.2 Å². The highest BCUT2D eigenvalue weighted by Gasteiger charge is 2.17. The minimum atomic E-state index is -0.437. The van der Waals surface area contributed by atoms with E-state index in [9.17, 15) is 15.0 Å². The van der Waals surface area contributed by atoms with Crippen LogP contribution in [-0.4, -0.2) is 28.9 Å². The quantitative estimate of drug-likeness (QED) is 0.457. The number of carbonyl (C=O) groups excluding carboxylic acids is 1. The van der Waals surface area contributed by atoms with Crippen LogP contribution < -0.4 is 10.2 Å². The van der Waals surface area contributed by atoms with Gasteiger partial charge in [0.1, 0.15) is 21.7 Å². The third-order valence-corrected chi connectivity index (χ3v) is 5.17. The number of halogens is 2. The van der Waals surface area contributed by atoms with Crippen molar-refractivity contribution in [1.82, 2.24) is 5.43 Å². The van der Waals surface area contributed by atoms with Gasteiger partial charge in [0.15, 0.2) is 6.61 Å². The smallest absolute Gasteiger partial charge is 0.277 e. The van der Waals surface area contributed by atoms with Crippen molar-refractivity contribution in [3.63, 3.8) is 0 Å². The van der Waals surface area contributed by atoms with Gasteiger partial charge in [0.2, 0.25) is 0 Å². The molecule has 1 amide bonds. The Balaban J connectivity index is 2.02. The van der Waals surface area contributed by atoms with Crippen LogP contribution in [0.2, 0.25) is 0 Å². The van der Waals surface area contributed by atoms with Gasteiger partial charge in [-0.25, -0.2) is 5.43 Å². The second kappa shape index (κ2) is 8.35. The molecule has 0 spiro atoms. The van der Waals surface area contributed by atoms with E-state index in [0.29, 0.717) is 21.3 Å². The maximum atomic E-state index is 11.8. The van der Waals surface area contributed by atoms with Gasteiger partial charge >= 0.3 is 0 Å². The summed E-state index contributed by atoms with van der Waals surface area (Å²) in [6.45, 7) is 3.40. The van der Waals surface area contributed by atoms with Gasteiger partial charge in [-0.1, -0.05) is 18.2 Å². The van der Waals surface area contributed by atoms with Gasteiger partial charge in [-0.2, -0.15) is 5.10 Å². The van der Waals surface area contributed by atoms with Gasteiger partial charge in [-0.3, -0.25) is 4.79 Å². The van der Waals surface area contributed by atoms with E-state index in [0.717, 1.165) is 5.56 Å². The lowest BCUT2D eigenvalue weighted by Gasteiger charge is -2.11. The highest BCUT2D eigenvalue weighted by atomic mass is 79.9. The molecular weight excluding hydrogens is 456 g/mol. The fraction of sp³-hybridized carbons (Fsp3) is 0.176. The molecule has 0 aromatic heterocycles. The number of ether oxygens (including phenoxy) is 1. The Morgan fingerprint density at radius 3 is 2.56 bits per heavy atom. The van der Waals surface area contributed by atoms with Crippen molar-refractivity contribution in [2.45, 2.75) is 13.8 Å². The molecule has 2 rings (SSSR count). The fourth-order valence-corrected chi connectivity index (χ4v) is 3.11. The predicted octanol–water partition coefficient (Wildman–Crippen LogP) is 3.77. The average Bonchev–Trinajstić information content (AvgIpc) is 2.60. The maximum Gasteiger partial charge on any atom is 0.277 e. The molecule has 8 heteroatoms. The van der Waals surface area contributed by atoms with Gasteiger partial charge in [0.05, 0.1) is 10.7 Å². The van der Waals surface area contributed by atoms with Crippen molar-refractivity contribution in [3.05, 3.63) is 49.9 Å². The van der Waals surface area contributed by atoms with Crippen molar-refractivity contribution in [1.29, 1.82) is 0 Å². The van der Waals surface area contributed by atoms with Gasteiger partial charge in [-0.15, -0.1) is 0 Å². The number of para-hydroxylation sites is 1. The largest absolute Gasteiger partial charge is 0.506 e. The number of phenols is 2. The number of amides is 1. The zero-order valence-corrected chi connectivity index (χ0v) is 16.7. The van der Waals surface area contributed by atoms with E-state index in [1.807, 2.05) is 25.1 Å². The molecule has 0 radical (unpaired) electrons. The Morgan fingerprint density at radius 1 is 1.20 bits per heavy atom. The standard InChI is InChI=1S/C17H16Br2N2O4/c1-9-5-3-4-6-12(9)25-8-13(22)21-20-7-11-10(2)14(18)17(24)15(19)16(11)23/h3-7,23-24H,8H2,1-2H3,(H,21,22)/b20-7+. The summed E-state index contributed by atoms with van der Waals surface area (Å²) in [6.07, 6.45) is 1.30. The molecule has 0 aliphatic heterocycles. The number of rotatable bonds is 5. The van der Waals surface area contributed by atoms with E-state index < -0.39 is 5.91 Å². The second-order valence-corrected chi connectivity index (χ2v) is 6.80. The molecule has 2 aromatic carbocycles. The third-order valence-electron chi connectivity index (χ3n) is 3.45.